The minimum absolute atomic E-state index is 0.866. The Bertz CT molecular complexity index is 728. The molecule has 0 aromatic heterocycles. The Labute approximate surface area is 168 Å². The van der Waals surface area contributed by atoms with Gasteiger partial charge in [-0.25, -0.2) is 0 Å². The molecule has 2 aromatic rings. The second kappa shape index (κ2) is 8.18. The summed E-state index contributed by atoms with van der Waals surface area (Å²) >= 11 is 19.1. The van der Waals surface area contributed by atoms with E-state index in [1.54, 1.807) is 37.0 Å². The maximum Gasteiger partial charge on any atom is 0.126 e. The average molecular weight is 469 g/mol. The number of hydrogen-bond donors (Lipinski definition) is 0. The maximum atomic E-state index is 5.88. The highest BCUT2D eigenvalue weighted by molar-refractivity contribution is 9.63. The van der Waals surface area contributed by atoms with Gasteiger partial charge in [-0.05, 0) is 70.5 Å². The van der Waals surface area contributed by atoms with Crippen LogP contribution in [0.5, 0.6) is 11.5 Å². The third-order valence-corrected chi connectivity index (χ3v) is 43.0. The fraction of sp³-hybridized carbons (Fsp3) is 0.143. The summed E-state index contributed by atoms with van der Waals surface area (Å²) in [5, 5.41) is 0. The second-order valence-corrected chi connectivity index (χ2v) is 34.5. The van der Waals surface area contributed by atoms with Crippen LogP contribution in [0.4, 0.5) is 0 Å². The van der Waals surface area contributed by atoms with E-state index in [0.717, 1.165) is 11.5 Å². The van der Waals surface area contributed by atoms with Crippen LogP contribution in [0.25, 0.3) is 0 Å². The summed E-state index contributed by atoms with van der Waals surface area (Å²) in [5.41, 5.74) is 0. The molecule has 0 N–H and O–H groups in total. The van der Waals surface area contributed by atoms with Gasteiger partial charge in [0.05, 0.1) is 14.2 Å². The first-order chi connectivity index (χ1) is 11.4. The Balaban J connectivity index is 1.61. The monoisotopic (exact) mass is 468 g/mol. The highest BCUT2D eigenvalue weighted by Crippen LogP contribution is 3.13. The van der Waals surface area contributed by atoms with E-state index in [-0.39, 0.29) is 0 Å². The van der Waals surface area contributed by atoms with Crippen LogP contribution in [-0.2, 0) is 23.6 Å². The van der Waals surface area contributed by atoms with E-state index in [0.29, 0.717) is 0 Å². The molecule has 128 valence electrons. The molecule has 2 nitrogen and oxygen atoms in total. The fourth-order valence-corrected chi connectivity index (χ4v) is 70.5. The lowest BCUT2D eigenvalue weighted by Crippen LogP contribution is -1.82. The molecule has 0 spiro atoms. The summed E-state index contributed by atoms with van der Waals surface area (Å²) in [6.07, 6.45) is 0. The van der Waals surface area contributed by atoms with Crippen molar-refractivity contribution in [3.05, 3.63) is 48.5 Å². The summed E-state index contributed by atoms with van der Waals surface area (Å²) in [4.78, 5) is 2.38. The van der Waals surface area contributed by atoms with E-state index in [2.05, 4.69) is 24.3 Å². The summed E-state index contributed by atoms with van der Waals surface area (Å²) in [7, 11) is 3.35. The van der Waals surface area contributed by atoms with Gasteiger partial charge in [-0.15, -0.1) is 0 Å². The SMILES string of the molecule is COc1ccc(SP2(=S)SP(=S)(Sc3ccc(OC)cc3)S2)cc1. The molecule has 0 bridgehead atoms. The molecule has 0 saturated carbocycles. The van der Waals surface area contributed by atoms with Crippen molar-refractivity contribution in [2.45, 2.75) is 9.79 Å². The number of methoxy groups -OCH3 is 2. The summed E-state index contributed by atoms with van der Waals surface area (Å²) in [6.45, 7) is 0. The molecule has 0 aliphatic carbocycles. The Kier molecular flexibility index (Phi) is 6.65. The maximum absolute atomic E-state index is 5.88. The molecule has 0 amide bonds. The van der Waals surface area contributed by atoms with Gasteiger partial charge < -0.3 is 9.47 Å². The predicted octanol–water partition coefficient (Wildman–Crippen LogP) is 7.52. The molecule has 1 fully saturated rings. The van der Waals surface area contributed by atoms with Crippen molar-refractivity contribution in [3.8, 4) is 11.5 Å². The van der Waals surface area contributed by atoms with Crippen molar-refractivity contribution in [1.29, 1.82) is 0 Å². The van der Waals surface area contributed by atoms with Gasteiger partial charge in [0.1, 0.15) is 18.8 Å². The van der Waals surface area contributed by atoms with Crippen LogP contribution in [0.15, 0.2) is 58.3 Å². The van der Waals surface area contributed by atoms with Crippen LogP contribution in [0, 0.1) is 0 Å². The van der Waals surface area contributed by atoms with E-state index in [1.807, 2.05) is 46.3 Å². The van der Waals surface area contributed by atoms with Crippen molar-refractivity contribution >= 4 is 75.7 Å². The smallest absolute Gasteiger partial charge is 0.126 e. The van der Waals surface area contributed by atoms with E-state index >= 15 is 0 Å². The number of ether oxygens (including phenoxy) is 2. The highest BCUT2D eigenvalue weighted by Gasteiger charge is 2.45. The third-order valence-electron chi connectivity index (χ3n) is 2.95. The quantitative estimate of drug-likeness (QED) is 0.400. The fourth-order valence-electron chi connectivity index (χ4n) is 1.85. The van der Waals surface area contributed by atoms with E-state index in [1.165, 1.54) is 9.79 Å². The molecule has 10 heteroatoms. The average Bonchev–Trinajstić information content (AvgIpc) is 2.54. The number of benzene rings is 2. The molecule has 1 saturated heterocycles. The molecule has 24 heavy (non-hydrogen) atoms. The molecule has 0 radical (unpaired) electrons. The predicted molar refractivity (Wildman–Crippen MR) is 121 cm³/mol. The molecule has 0 atom stereocenters. The topological polar surface area (TPSA) is 18.5 Å². The number of hydrogen-bond acceptors (Lipinski definition) is 8. The Morgan fingerprint density at radius 1 is 0.708 bits per heavy atom. The molecule has 3 rings (SSSR count). The van der Waals surface area contributed by atoms with Crippen LogP contribution < -0.4 is 9.47 Å². The first-order valence-electron chi connectivity index (χ1n) is 6.74. The second-order valence-electron chi connectivity index (χ2n) is 4.59. The highest BCUT2D eigenvalue weighted by atomic mass is 33.9. The van der Waals surface area contributed by atoms with Gasteiger partial charge in [-0.2, -0.15) is 0 Å². The lowest BCUT2D eigenvalue weighted by atomic mass is 10.3. The standard InChI is InChI=1S/C14H14O2P2S6/c1-15-11-3-7-13(8-4-11)21-17(19)23-18(20,24-17)22-14-9-5-12(16-2)6-10-14/h3-10H,1-2H3. The van der Waals surface area contributed by atoms with Gasteiger partial charge in [0.25, 0.3) is 0 Å². The van der Waals surface area contributed by atoms with Crippen LogP contribution in [0.1, 0.15) is 0 Å². The molecule has 0 unspecified atom stereocenters. The first-order valence-corrected chi connectivity index (χ1v) is 19.2. The summed E-state index contributed by atoms with van der Waals surface area (Å²) in [5.74, 6) is 1.73. The van der Waals surface area contributed by atoms with Gasteiger partial charge in [0, 0.05) is 9.79 Å². The molecule has 1 aliphatic heterocycles. The van der Waals surface area contributed by atoms with Crippen LogP contribution >= 0.6 is 52.1 Å². The van der Waals surface area contributed by atoms with Gasteiger partial charge in [0.15, 0.2) is 0 Å². The van der Waals surface area contributed by atoms with Gasteiger partial charge in [-0.1, -0.05) is 46.4 Å². The minimum Gasteiger partial charge on any atom is -0.497 e. The first kappa shape index (κ1) is 19.5. The zero-order valence-corrected chi connectivity index (χ0v) is 19.5. The van der Waals surface area contributed by atoms with E-state index in [4.69, 9.17) is 33.1 Å². The van der Waals surface area contributed by atoms with Crippen molar-refractivity contribution < 1.29 is 9.47 Å². The molecular formula is C14H14O2P2S6. The molecular weight excluding hydrogens is 455 g/mol. The third kappa shape index (κ3) is 4.92. The number of rotatable bonds is 6. The normalized spacial score (nSPS) is 25.8. The largest absolute Gasteiger partial charge is 0.497 e. The van der Waals surface area contributed by atoms with Crippen molar-refractivity contribution in [3.63, 3.8) is 0 Å². The Morgan fingerprint density at radius 2 is 1.04 bits per heavy atom. The summed E-state index contributed by atoms with van der Waals surface area (Å²) < 4.78 is 7.25. The van der Waals surface area contributed by atoms with Crippen molar-refractivity contribution in [1.82, 2.24) is 0 Å². The zero-order valence-electron chi connectivity index (χ0n) is 12.8. The lowest BCUT2D eigenvalue weighted by Gasteiger charge is -2.38. The Hall–Kier alpha value is 0.740. The van der Waals surface area contributed by atoms with E-state index in [9.17, 15) is 0 Å². The van der Waals surface area contributed by atoms with Gasteiger partial charge in [0.2, 0.25) is 0 Å². The lowest BCUT2D eigenvalue weighted by molar-refractivity contribution is 0.414. The van der Waals surface area contributed by atoms with E-state index < -0.39 is 7.29 Å². The van der Waals surface area contributed by atoms with Crippen molar-refractivity contribution in [2.75, 3.05) is 14.2 Å². The van der Waals surface area contributed by atoms with Crippen molar-refractivity contribution in [2.24, 2.45) is 0 Å². The molecule has 1 aliphatic rings. The van der Waals surface area contributed by atoms with Gasteiger partial charge in [-0.3, -0.25) is 0 Å². The molecule has 1 heterocycles. The summed E-state index contributed by atoms with van der Waals surface area (Å²) in [6, 6.07) is 16.2. The molecule has 2 aromatic carbocycles. The van der Waals surface area contributed by atoms with Crippen LogP contribution in [-0.4, -0.2) is 14.2 Å². The van der Waals surface area contributed by atoms with Crippen LogP contribution in [0.2, 0.25) is 0 Å². The van der Waals surface area contributed by atoms with Gasteiger partial charge >= 0.3 is 0 Å². The van der Waals surface area contributed by atoms with Crippen LogP contribution in [0.3, 0.4) is 0 Å². The minimum atomic E-state index is -1.57. The zero-order chi connectivity index (χ0) is 17.2. The Morgan fingerprint density at radius 3 is 1.33 bits per heavy atom.